The van der Waals surface area contributed by atoms with E-state index in [0.29, 0.717) is 0 Å². The van der Waals surface area contributed by atoms with Gasteiger partial charge in [0.1, 0.15) is 0 Å². The van der Waals surface area contributed by atoms with Gasteiger partial charge < -0.3 is 8.85 Å². The zero-order chi connectivity index (χ0) is 11.2. The molecule has 0 aliphatic heterocycles. The highest BCUT2D eigenvalue weighted by Gasteiger charge is 2.53. The van der Waals surface area contributed by atoms with Crippen molar-refractivity contribution in [3.63, 3.8) is 0 Å². The zero-order valence-electron chi connectivity index (χ0n) is 10.6. The van der Waals surface area contributed by atoms with Crippen LogP contribution in [0.3, 0.4) is 0 Å². The molecule has 0 aliphatic carbocycles. The summed E-state index contributed by atoms with van der Waals surface area (Å²) in [6, 6.07) is 4.78. The second kappa shape index (κ2) is 6.05. The van der Waals surface area contributed by atoms with Gasteiger partial charge in [-0.2, -0.15) is 0 Å². The van der Waals surface area contributed by atoms with E-state index in [-0.39, 0.29) is 0 Å². The molecule has 86 valence electrons. The van der Waals surface area contributed by atoms with Gasteiger partial charge in [0.2, 0.25) is 15.7 Å². The molecule has 0 heterocycles. The summed E-state index contributed by atoms with van der Waals surface area (Å²) in [6.45, 7) is 9.08. The Kier molecular flexibility index (Phi) is 6.20. The van der Waals surface area contributed by atoms with Gasteiger partial charge in [-0.15, -0.1) is 0 Å². The normalized spacial score (nSPS) is 13.3. The van der Waals surface area contributed by atoms with Crippen molar-refractivity contribution in [1.82, 2.24) is 0 Å². The molecular weight excluding hydrogens is 208 g/mol. The largest absolute Gasteiger partial charge is 0.420 e. The van der Waals surface area contributed by atoms with E-state index in [1.807, 2.05) is 14.2 Å². The second-order valence-corrected chi connectivity index (χ2v) is 16.9. The van der Waals surface area contributed by atoms with Crippen molar-refractivity contribution in [1.29, 1.82) is 0 Å². The van der Waals surface area contributed by atoms with E-state index in [0.717, 1.165) is 0 Å². The van der Waals surface area contributed by atoms with E-state index in [2.05, 4.69) is 27.7 Å². The Morgan fingerprint density at radius 2 is 0.857 bits per heavy atom. The Hall–Kier alpha value is 0.354. The Morgan fingerprint density at radius 3 is 0.929 bits per heavy atom. The fourth-order valence-electron chi connectivity index (χ4n) is 2.74. The predicted octanol–water partition coefficient (Wildman–Crippen LogP) is 3.33. The highest BCUT2D eigenvalue weighted by molar-refractivity contribution is 7.37. The monoisotopic (exact) mass is 234 g/mol. The molecule has 0 bridgehead atoms. The zero-order valence-corrected chi connectivity index (χ0v) is 12.6. The van der Waals surface area contributed by atoms with Crippen molar-refractivity contribution in [3.8, 4) is 0 Å². The van der Waals surface area contributed by atoms with E-state index in [1.165, 1.54) is 24.2 Å². The minimum atomic E-state index is -1.58. The number of rotatable bonds is 7. The van der Waals surface area contributed by atoms with Crippen LogP contribution in [0.5, 0.6) is 0 Å². The van der Waals surface area contributed by atoms with Crippen molar-refractivity contribution in [2.24, 2.45) is 0 Å². The smallest absolute Gasteiger partial charge is 0.210 e. The van der Waals surface area contributed by atoms with Crippen LogP contribution in [-0.2, 0) is 8.85 Å². The van der Waals surface area contributed by atoms with Crippen LogP contribution in [0.2, 0.25) is 24.2 Å². The predicted molar refractivity (Wildman–Crippen MR) is 67.5 cm³/mol. The lowest BCUT2D eigenvalue weighted by Gasteiger charge is -2.43. The molecule has 0 aromatic carbocycles. The maximum Gasteiger partial charge on any atom is 0.210 e. The quantitative estimate of drug-likeness (QED) is 0.629. The molecular formula is C10H26O2Si2. The van der Waals surface area contributed by atoms with Crippen LogP contribution in [0.1, 0.15) is 27.7 Å². The summed E-state index contributed by atoms with van der Waals surface area (Å²) in [5.74, 6) is 0. The van der Waals surface area contributed by atoms with Crippen LogP contribution in [-0.4, -0.2) is 29.9 Å². The molecule has 0 rings (SSSR count). The molecule has 0 fully saturated rings. The minimum Gasteiger partial charge on any atom is -0.420 e. The lowest BCUT2D eigenvalue weighted by atomic mass is 10.9. The summed E-state index contributed by atoms with van der Waals surface area (Å²) in [7, 11) is 0.627. The van der Waals surface area contributed by atoms with Gasteiger partial charge in [0, 0.05) is 14.2 Å². The molecule has 0 N–H and O–H groups in total. The molecule has 0 saturated carbocycles. The third-order valence-corrected chi connectivity index (χ3v) is 22.1. The van der Waals surface area contributed by atoms with Crippen molar-refractivity contribution in [2.45, 2.75) is 51.9 Å². The highest BCUT2D eigenvalue weighted by atomic mass is 29.3. The fourth-order valence-corrected chi connectivity index (χ4v) is 18.2. The number of hydrogen-bond acceptors (Lipinski definition) is 2. The van der Waals surface area contributed by atoms with E-state index in [9.17, 15) is 0 Å². The Balaban J connectivity index is 5.08. The molecule has 0 aromatic rings. The summed E-state index contributed by atoms with van der Waals surface area (Å²) in [6.07, 6.45) is 0. The number of hydrogen-bond donors (Lipinski definition) is 0. The molecule has 0 aromatic heterocycles. The summed E-state index contributed by atoms with van der Waals surface area (Å²) in [5.41, 5.74) is 0. The Bertz CT molecular complexity index is 120. The summed E-state index contributed by atoms with van der Waals surface area (Å²) in [4.78, 5) is 0. The third-order valence-electron chi connectivity index (χ3n) is 3.90. The van der Waals surface area contributed by atoms with E-state index in [4.69, 9.17) is 8.85 Å². The van der Waals surface area contributed by atoms with Crippen molar-refractivity contribution in [3.05, 3.63) is 0 Å². The lowest BCUT2D eigenvalue weighted by Crippen LogP contribution is -2.64. The summed E-state index contributed by atoms with van der Waals surface area (Å²) in [5, 5.41) is 0. The molecule has 0 unspecified atom stereocenters. The summed E-state index contributed by atoms with van der Waals surface area (Å²) >= 11 is 0. The topological polar surface area (TPSA) is 18.5 Å². The van der Waals surface area contributed by atoms with Gasteiger partial charge in [0.15, 0.2) is 0 Å². The van der Waals surface area contributed by atoms with E-state index in [1.54, 1.807) is 0 Å². The first-order valence-corrected chi connectivity index (χ1v) is 11.4. The van der Waals surface area contributed by atoms with Gasteiger partial charge in [0.25, 0.3) is 0 Å². The van der Waals surface area contributed by atoms with Gasteiger partial charge in [-0.25, -0.2) is 0 Å². The van der Waals surface area contributed by atoms with Crippen molar-refractivity contribution >= 4 is 15.7 Å². The average molecular weight is 234 g/mol. The van der Waals surface area contributed by atoms with Crippen LogP contribution in [0.25, 0.3) is 0 Å². The first kappa shape index (κ1) is 14.4. The molecule has 0 radical (unpaired) electrons. The van der Waals surface area contributed by atoms with Crippen LogP contribution in [0, 0.1) is 0 Å². The van der Waals surface area contributed by atoms with Crippen molar-refractivity contribution in [2.75, 3.05) is 14.2 Å². The molecule has 0 amide bonds. The van der Waals surface area contributed by atoms with Gasteiger partial charge >= 0.3 is 0 Å². The van der Waals surface area contributed by atoms with Gasteiger partial charge in [-0.3, -0.25) is 0 Å². The maximum absolute atomic E-state index is 5.95. The Morgan fingerprint density at radius 1 is 0.643 bits per heavy atom. The lowest BCUT2D eigenvalue weighted by molar-refractivity contribution is 0.365. The third kappa shape index (κ3) is 2.13. The van der Waals surface area contributed by atoms with Gasteiger partial charge in [0.05, 0.1) is 0 Å². The SMILES string of the molecule is CC[Si](CC)(OC)[Si](CC)(CC)OC. The van der Waals surface area contributed by atoms with Crippen LogP contribution in [0.15, 0.2) is 0 Å². The van der Waals surface area contributed by atoms with Gasteiger partial charge in [-0.1, -0.05) is 27.7 Å². The standard InChI is InChI=1S/C10H26O2Si2/c1-7-13(8-2,11-5)14(9-3,10-4)12-6/h7-10H2,1-6H3. The first-order valence-electron chi connectivity index (χ1n) is 5.72. The fraction of sp³-hybridized carbons (Fsp3) is 1.00. The Labute approximate surface area is 91.0 Å². The first-order chi connectivity index (χ1) is 6.61. The van der Waals surface area contributed by atoms with E-state index >= 15 is 0 Å². The molecule has 14 heavy (non-hydrogen) atoms. The van der Waals surface area contributed by atoms with Crippen molar-refractivity contribution < 1.29 is 8.85 Å². The molecule has 0 atom stereocenters. The average Bonchev–Trinajstić information content (AvgIpc) is 2.27. The van der Waals surface area contributed by atoms with Crippen LogP contribution >= 0.6 is 0 Å². The van der Waals surface area contributed by atoms with Crippen LogP contribution in [0.4, 0.5) is 0 Å². The minimum absolute atomic E-state index is 1.20. The van der Waals surface area contributed by atoms with E-state index < -0.39 is 15.7 Å². The molecule has 0 aliphatic rings. The molecule has 2 nitrogen and oxygen atoms in total. The molecule has 4 heteroatoms. The second-order valence-electron chi connectivity index (χ2n) is 3.81. The maximum atomic E-state index is 5.95. The van der Waals surface area contributed by atoms with Gasteiger partial charge in [-0.05, 0) is 24.2 Å². The molecule has 0 saturated heterocycles. The molecule has 0 spiro atoms. The summed E-state index contributed by atoms with van der Waals surface area (Å²) < 4.78 is 11.9. The van der Waals surface area contributed by atoms with Crippen LogP contribution < -0.4 is 0 Å². The highest BCUT2D eigenvalue weighted by Crippen LogP contribution is 2.34.